The third-order valence-corrected chi connectivity index (χ3v) is 2.47. The van der Waals surface area contributed by atoms with Gasteiger partial charge in [0.2, 0.25) is 5.13 Å². The summed E-state index contributed by atoms with van der Waals surface area (Å²) in [7, 11) is 0. The molecule has 1 aromatic rings. The number of anilines is 1. The van der Waals surface area contributed by atoms with Gasteiger partial charge in [0.1, 0.15) is 5.82 Å². The molecule has 1 aromatic heterocycles. The van der Waals surface area contributed by atoms with E-state index in [9.17, 15) is 0 Å². The van der Waals surface area contributed by atoms with E-state index in [1.54, 1.807) is 0 Å². The quantitative estimate of drug-likeness (QED) is 0.722. The van der Waals surface area contributed by atoms with Crippen molar-refractivity contribution < 1.29 is 0 Å². The second-order valence-electron chi connectivity index (χ2n) is 2.90. The molecule has 0 atom stereocenters. The normalized spacial score (nSPS) is 16.0. The number of nitrogens with one attached hydrogen (secondary N) is 1. The van der Waals surface area contributed by atoms with E-state index in [4.69, 9.17) is 0 Å². The van der Waals surface area contributed by atoms with E-state index in [1.807, 2.05) is 6.08 Å². The number of nitrogens with zero attached hydrogens (tertiary/aromatic N) is 2. The van der Waals surface area contributed by atoms with Crippen LogP contribution < -0.4 is 5.32 Å². The molecule has 1 aliphatic carbocycles. The largest absolute Gasteiger partial charge is 0.357 e. The summed E-state index contributed by atoms with van der Waals surface area (Å²) in [6.45, 7) is 4.39. The van der Waals surface area contributed by atoms with E-state index in [0.717, 1.165) is 17.5 Å². The summed E-state index contributed by atoms with van der Waals surface area (Å²) >= 11 is 1.44. The molecule has 1 aliphatic rings. The molecule has 64 valence electrons. The van der Waals surface area contributed by atoms with Crippen LogP contribution in [0.15, 0.2) is 12.7 Å². The van der Waals surface area contributed by atoms with Crippen LogP contribution in [-0.2, 0) is 0 Å². The molecule has 0 amide bonds. The first-order valence-corrected chi connectivity index (χ1v) is 4.86. The first-order chi connectivity index (χ1) is 5.90. The van der Waals surface area contributed by atoms with E-state index in [2.05, 4.69) is 21.3 Å². The fraction of sp³-hybridized carbons (Fsp3) is 0.500. The lowest BCUT2D eigenvalue weighted by Crippen LogP contribution is -1.96. The first-order valence-electron chi connectivity index (χ1n) is 4.08. The Kier molecular flexibility index (Phi) is 2.08. The van der Waals surface area contributed by atoms with E-state index >= 15 is 0 Å². The standard InChI is InChI=1S/C8H11N3S/c1-2-5-9-8-10-7(11-12-8)6-3-4-6/h2,6H,1,3-5H2,(H,9,10,11). The molecule has 0 bridgehead atoms. The maximum atomic E-state index is 4.36. The summed E-state index contributed by atoms with van der Waals surface area (Å²) in [5.41, 5.74) is 0. The molecule has 1 fully saturated rings. The van der Waals surface area contributed by atoms with Gasteiger partial charge in [-0.3, -0.25) is 0 Å². The number of hydrogen-bond acceptors (Lipinski definition) is 4. The van der Waals surface area contributed by atoms with Gasteiger partial charge < -0.3 is 5.32 Å². The highest BCUT2D eigenvalue weighted by Crippen LogP contribution is 2.39. The van der Waals surface area contributed by atoms with Crippen molar-refractivity contribution in [3.63, 3.8) is 0 Å². The summed E-state index contributed by atoms with van der Waals surface area (Å²) in [5, 5.41) is 4.04. The fourth-order valence-electron chi connectivity index (χ4n) is 0.974. The summed E-state index contributed by atoms with van der Waals surface area (Å²) in [4.78, 5) is 4.36. The molecule has 0 spiro atoms. The molecule has 0 aromatic carbocycles. The van der Waals surface area contributed by atoms with Gasteiger partial charge in [-0.25, -0.2) is 4.98 Å². The van der Waals surface area contributed by atoms with Crippen LogP contribution in [0.5, 0.6) is 0 Å². The predicted molar refractivity (Wildman–Crippen MR) is 50.6 cm³/mol. The van der Waals surface area contributed by atoms with Crippen LogP contribution in [0.3, 0.4) is 0 Å². The lowest BCUT2D eigenvalue weighted by Gasteiger charge is -1.92. The van der Waals surface area contributed by atoms with Crippen molar-refractivity contribution in [2.24, 2.45) is 0 Å². The van der Waals surface area contributed by atoms with E-state index in [0.29, 0.717) is 5.92 Å². The topological polar surface area (TPSA) is 37.8 Å². The molecular formula is C8H11N3S. The van der Waals surface area contributed by atoms with Crippen molar-refractivity contribution in [2.75, 3.05) is 11.9 Å². The molecule has 1 heterocycles. The van der Waals surface area contributed by atoms with Crippen LogP contribution in [0.2, 0.25) is 0 Å². The Bertz CT molecular complexity index is 278. The fourth-order valence-corrected chi connectivity index (χ4v) is 1.63. The summed E-state index contributed by atoms with van der Waals surface area (Å²) in [5.74, 6) is 1.67. The van der Waals surface area contributed by atoms with Crippen LogP contribution in [0.4, 0.5) is 5.13 Å². The maximum Gasteiger partial charge on any atom is 0.202 e. The monoisotopic (exact) mass is 181 g/mol. The van der Waals surface area contributed by atoms with Gasteiger partial charge in [0.25, 0.3) is 0 Å². The molecule has 1 N–H and O–H groups in total. The molecule has 0 saturated heterocycles. The van der Waals surface area contributed by atoms with Crippen LogP contribution in [0.1, 0.15) is 24.6 Å². The maximum absolute atomic E-state index is 4.36. The first kappa shape index (κ1) is 7.73. The molecule has 0 aliphatic heterocycles. The Balaban J connectivity index is 1.98. The highest BCUT2D eigenvalue weighted by molar-refractivity contribution is 7.09. The van der Waals surface area contributed by atoms with Crippen LogP contribution in [-0.4, -0.2) is 15.9 Å². The van der Waals surface area contributed by atoms with Gasteiger partial charge in [-0.2, -0.15) is 4.37 Å². The lowest BCUT2D eigenvalue weighted by atomic mass is 10.4. The Morgan fingerprint density at radius 3 is 3.17 bits per heavy atom. The predicted octanol–water partition coefficient (Wildman–Crippen LogP) is 2.01. The van der Waals surface area contributed by atoms with E-state index in [-0.39, 0.29) is 0 Å². The number of aromatic nitrogens is 2. The van der Waals surface area contributed by atoms with Crippen molar-refractivity contribution in [1.29, 1.82) is 0 Å². The summed E-state index contributed by atoms with van der Waals surface area (Å²) < 4.78 is 4.26. The molecule has 0 unspecified atom stereocenters. The van der Waals surface area contributed by atoms with E-state index < -0.39 is 0 Å². The van der Waals surface area contributed by atoms with Crippen LogP contribution in [0.25, 0.3) is 0 Å². The van der Waals surface area contributed by atoms with Crippen molar-refractivity contribution in [3.8, 4) is 0 Å². The SMILES string of the molecule is C=CCNc1nc(C2CC2)ns1. The van der Waals surface area contributed by atoms with Gasteiger partial charge >= 0.3 is 0 Å². The minimum Gasteiger partial charge on any atom is -0.357 e. The highest BCUT2D eigenvalue weighted by atomic mass is 32.1. The molecule has 2 rings (SSSR count). The van der Waals surface area contributed by atoms with E-state index in [1.165, 1.54) is 24.4 Å². The molecule has 3 nitrogen and oxygen atoms in total. The third kappa shape index (κ3) is 1.64. The number of hydrogen-bond donors (Lipinski definition) is 1. The zero-order valence-corrected chi connectivity index (χ0v) is 7.60. The Labute approximate surface area is 75.7 Å². The smallest absolute Gasteiger partial charge is 0.202 e. The lowest BCUT2D eigenvalue weighted by molar-refractivity contribution is 0.984. The number of rotatable bonds is 4. The van der Waals surface area contributed by atoms with Crippen LogP contribution >= 0.6 is 11.5 Å². The van der Waals surface area contributed by atoms with Gasteiger partial charge in [0.05, 0.1) is 0 Å². The van der Waals surface area contributed by atoms with Crippen molar-refractivity contribution >= 4 is 16.7 Å². The zero-order valence-electron chi connectivity index (χ0n) is 6.79. The highest BCUT2D eigenvalue weighted by Gasteiger charge is 2.27. The molecule has 4 heteroatoms. The second-order valence-corrected chi connectivity index (χ2v) is 3.65. The molecular weight excluding hydrogens is 170 g/mol. The second kappa shape index (κ2) is 3.23. The van der Waals surface area contributed by atoms with Gasteiger partial charge in [-0.1, -0.05) is 6.08 Å². The molecule has 12 heavy (non-hydrogen) atoms. The summed E-state index contributed by atoms with van der Waals surface area (Å²) in [6.07, 6.45) is 4.34. The molecule has 0 radical (unpaired) electrons. The van der Waals surface area contributed by atoms with Crippen molar-refractivity contribution in [3.05, 3.63) is 18.5 Å². The van der Waals surface area contributed by atoms with Gasteiger partial charge in [0.15, 0.2) is 0 Å². The molecule has 1 saturated carbocycles. The Morgan fingerprint density at radius 2 is 2.50 bits per heavy atom. The Morgan fingerprint density at radius 1 is 1.67 bits per heavy atom. The minimum atomic E-state index is 0.653. The average Bonchev–Trinajstić information content (AvgIpc) is 2.83. The Hall–Kier alpha value is -0.900. The van der Waals surface area contributed by atoms with Gasteiger partial charge in [-0.05, 0) is 12.8 Å². The third-order valence-electron chi connectivity index (χ3n) is 1.78. The van der Waals surface area contributed by atoms with Crippen molar-refractivity contribution in [2.45, 2.75) is 18.8 Å². The van der Waals surface area contributed by atoms with Crippen LogP contribution in [0, 0.1) is 0 Å². The zero-order chi connectivity index (χ0) is 8.39. The van der Waals surface area contributed by atoms with Gasteiger partial charge in [-0.15, -0.1) is 6.58 Å². The average molecular weight is 181 g/mol. The minimum absolute atomic E-state index is 0.653. The van der Waals surface area contributed by atoms with Gasteiger partial charge in [0, 0.05) is 24.0 Å². The summed E-state index contributed by atoms with van der Waals surface area (Å²) in [6, 6.07) is 0. The van der Waals surface area contributed by atoms with Crippen molar-refractivity contribution in [1.82, 2.24) is 9.36 Å².